The Balaban J connectivity index is 2.01. The van der Waals surface area contributed by atoms with Gasteiger partial charge >= 0.3 is 0 Å². The lowest BCUT2D eigenvalue weighted by Crippen LogP contribution is -2.47. The van der Waals surface area contributed by atoms with Crippen LogP contribution in [-0.2, 0) is 20.7 Å². The van der Waals surface area contributed by atoms with Crippen LogP contribution >= 0.6 is 0 Å². The number of ether oxygens (including phenoxy) is 1. The van der Waals surface area contributed by atoms with E-state index in [2.05, 4.69) is 11.4 Å². The third kappa shape index (κ3) is 3.83. The van der Waals surface area contributed by atoms with E-state index in [-0.39, 0.29) is 12.5 Å². The highest BCUT2D eigenvalue weighted by molar-refractivity contribution is 6.03. The molecule has 3 rings (SSSR count). The molecule has 26 heavy (non-hydrogen) atoms. The molecule has 0 aliphatic carbocycles. The van der Waals surface area contributed by atoms with E-state index in [4.69, 9.17) is 10.5 Å². The largest absolute Gasteiger partial charge is 0.372 e. The summed E-state index contributed by atoms with van der Waals surface area (Å²) >= 11 is 0. The lowest BCUT2D eigenvalue weighted by molar-refractivity contribution is -0.130. The van der Waals surface area contributed by atoms with Gasteiger partial charge in [-0.25, -0.2) is 0 Å². The SMILES string of the molecule is CCOCC(=O)N[C@@H](Cc1c2ccccc2cc2ccccc12)C(N)=O. The minimum absolute atomic E-state index is 0.0867. The summed E-state index contributed by atoms with van der Waals surface area (Å²) in [5.41, 5.74) is 6.55. The Labute approximate surface area is 152 Å². The Kier molecular flexibility index (Phi) is 5.49. The Morgan fingerprint density at radius 2 is 1.62 bits per heavy atom. The lowest BCUT2D eigenvalue weighted by atomic mass is 9.92. The van der Waals surface area contributed by atoms with Gasteiger partial charge in [-0.15, -0.1) is 0 Å². The van der Waals surface area contributed by atoms with Crippen LogP contribution < -0.4 is 11.1 Å². The van der Waals surface area contributed by atoms with Crippen LogP contribution in [0.25, 0.3) is 21.5 Å². The summed E-state index contributed by atoms with van der Waals surface area (Å²) in [5.74, 6) is -0.910. The number of amides is 2. The van der Waals surface area contributed by atoms with E-state index in [0.717, 1.165) is 27.1 Å². The summed E-state index contributed by atoms with van der Waals surface area (Å²) in [5, 5.41) is 6.97. The first kappa shape index (κ1) is 17.9. The zero-order valence-corrected chi connectivity index (χ0v) is 14.7. The molecule has 0 fully saturated rings. The molecule has 0 heterocycles. The second-order valence-electron chi connectivity index (χ2n) is 6.16. The van der Waals surface area contributed by atoms with Gasteiger partial charge < -0.3 is 15.8 Å². The van der Waals surface area contributed by atoms with Crippen molar-refractivity contribution in [2.24, 2.45) is 5.73 Å². The summed E-state index contributed by atoms with van der Waals surface area (Å²) in [6.45, 7) is 2.15. The molecule has 5 heteroatoms. The normalized spacial score (nSPS) is 12.2. The highest BCUT2D eigenvalue weighted by Crippen LogP contribution is 2.29. The zero-order chi connectivity index (χ0) is 18.5. The fraction of sp³-hybridized carbons (Fsp3) is 0.238. The van der Waals surface area contributed by atoms with Gasteiger partial charge in [0.25, 0.3) is 0 Å². The van der Waals surface area contributed by atoms with Gasteiger partial charge in [-0.05, 0) is 40.1 Å². The molecule has 134 valence electrons. The van der Waals surface area contributed by atoms with Gasteiger partial charge in [-0.3, -0.25) is 9.59 Å². The van der Waals surface area contributed by atoms with Crippen molar-refractivity contribution in [3.05, 3.63) is 60.2 Å². The number of nitrogens with one attached hydrogen (secondary N) is 1. The van der Waals surface area contributed by atoms with Crippen LogP contribution in [-0.4, -0.2) is 31.1 Å². The maximum Gasteiger partial charge on any atom is 0.246 e. The Hall–Kier alpha value is -2.92. The van der Waals surface area contributed by atoms with Crippen LogP contribution in [0.4, 0.5) is 0 Å². The van der Waals surface area contributed by atoms with Gasteiger partial charge in [0, 0.05) is 13.0 Å². The second-order valence-corrected chi connectivity index (χ2v) is 6.16. The molecule has 0 unspecified atom stereocenters. The topological polar surface area (TPSA) is 81.4 Å². The molecule has 0 saturated carbocycles. The highest BCUT2D eigenvalue weighted by Gasteiger charge is 2.21. The summed E-state index contributed by atoms with van der Waals surface area (Å²) in [6, 6.07) is 17.4. The van der Waals surface area contributed by atoms with Crippen molar-refractivity contribution >= 4 is 33.4 Å². The first-order valence-corrected chi connectivity index (χ1v) is 8.66. The van der Waals surface area contributed by atoms with Crippen LogP contribution in [0.15, 0.2) is 54.6 Å². The molecule has 0 saturated heterocycles. The molecule has 3 N–H and O–H groups in total. The molecular formula is C21H22N2O3. The summed E-state index contributed by atoms with van der Waals surface area (Å²) in [6.07, 6.45) is 0.328. The predicted molar refractivity (Wildman–Crippen MR) is 103 cm³/mol. The van der Waals surface area contributed by atoms with Crippen molar-refractivity contribution in [2.75, 3.05) is 13.2 Å². The molecular weight excluding hydrogens is 328 g/mol. The number of hydrogen-bond donors (Lipinski definition) is 2. The van der Waals surface area contributed by atoms with Crippen LogP contribution in [0, 0.1) is 0 Å². The molecule has 0 spiro atoms. The lowest BCUT2D eigenvalue weighted by Gasteiger charge is -2.18. The number of hydrogen-bond acceptors (Lipinski definition) is 3. The number of rotatable bonds is 7. The standard InChI is InChI=1S/C21H22N2O3/c1-2-26-13-20(24)23-19(21(22)25)12-18-16-9-5-3-7-14(16)11-15-8-4-6-10-17(15)18/h3-11,19H,2,12-13H2,1H3,(H2,22,25)(H,23,24)/t19-/m0/s1. The first-order chi connectivity index (χ1) is 12.6. The Bertz CT molecular complexity index is 898. The van der Waals surface area contributed by atoms with Gasteiger partial charge in [-0.1, -0.05) is 48.5 Å². The van der Waals surface area contributed by atoms with E-state index in [1.165, 1.54) is 0 Å². The fourth-order valence-corrected chi connectivity index (χ4v) is 3.19. The average Bonchev–Trinajstić information content (AvgIpc) is 2.65. The molecule has 3 aromatic carbocycles. The number of carbonyl (C=O) groups is 2. The third-order valence-corrected chi connectivity index (χ3v) is 4.41. The summed E-state index contributed by atoms with van der Waals surface area (Å²) in [4.78, 5) is 23.9. The van der Waals surface area contributed by atoms with Crippen molar-refractivity contribution in [3.8, 4) is 0 Å². The summed E-state index contributed by atoms with van der Waals surface area (Å²) < 4.78 is 5.10. The number of nitrogens with two attached hydrogens (primary N) is 1. The predicted octanol–water partition coefficient (Wildman–Crippen LogP) is 2.54. The Morgan fingerprint density at radius 3 is 2.15 bits per heavy atom. The van der Waals surface area contributed by atoms with Gasteiger partial charge in [0.15, 0.2) is 0 Å². The van der Waals surface area contributed by atoms with Gasteiger partial charge in [0.05, 0.1) is 0 Å². The van der Waals surface area contributed by atoms with Crippen molar-refractivity contribution in [2.45, 2.75) is 19.4 Å². The molecule has 0 aliphatic heterocycles. The van der Waals surface area contributed by atoms with Crippen molar-refractivity contribution < 1.29 is 14.3 Å². The minimum atomic E-state index is -0.794. The second kappa shape index (κ2) is 7.97. The van der Waals surface area contributed by atoms with Gasteiger partial charge in [-0.2, -0.15) is 0 Å². The molecule has 0 bridgehead atoms. The number of carbonyl (C=O) groups excluding carboxylic acids is 2. The molecule has 2 amide bonds. The zero-order valence-electron chi connectivity index (χ0n) is 14.7. The fourth-order valence-electron chi connectivity index (χ4n) is 3.19. The van der Waals surface area contributed by atoms with E-state index in [0.29, 0.717) is 13.0 Å². The highest BCUT2D eigenvalue weighted by atomic mass is 16.5. The smallest absolute Gasteiger partial charge is 0.246 e. The Morgan fingerprint density at radius 1 is 1.04 bits per heavy atom. The summed E-state index contributed by atoms with van der Waals surface area (Å²) in [7, 11) is 0. The molecule has 1 atom stereocenters. The van der Waals surface area contributed by atoms with E-state index < -0.39 is 11.9 Å². The average molecular weight is 350 g/mol. The maximum absolute atomic E-state index is 12.0. The first-order valence-electron chi connectivity index (χ1n) is 8.66. The monoisotopic (exact) mass is 350 g/mol. The third-order valence-electron chi connectivity index (χ3n) is 4.41. The van der Waals surface area contributed by atoms with Crippen molar-refractivity contribution in [1.82, 2.24) is 5.32 Å². The van der Waals surface area contributed by atoms with Gasteiger partial charge in [0.1, 0.15) is 12.6 Å². The number of primary amides is 1. The number of fused-ring (bicyclic) bond motifs is 2. The van der Waals surface area contributed by atoms with E-state index >= 15 is 0 Å². The molecule has 3 aromatic rings. The molecule has 5 nitrogen and oxygen atoms in total. The molecule has 0 aliphatic rings. The quantitative estimate of drug-likeness (QED) is 0.643. The maximum atomic E-state index is 12.0. The van der Waals surface area contributed by atoms with Crippen LogP contribution in [0.1, 0.15) is 12.5 Å². The van der Waals surface area contributed by atoms with E-state index in [1.54, 1.807) is 6.92 Å². The number of benzene rings is 3. The van der Waals surface area contributed by atoms with Gasteiger partial charge in [0.2, 0.25) is 11.8 Å². The van der Waals surface area contributed by atoms with E-state index in [1.807, 2.05) is 48.5 Å². The van der Waals surface area contributed by atoms with Crippen LogP contribution in [0.2, 0.25) is 0 Å². The van der Waals surface area contributed by atoms with Crippen molar-refractivity contribution in [1.29, 1.82) is 0 Å². The van der Waals surface area contributed by atoms with Crippen LogP contribution in [0.3, 0.4) is 0 Å². The van der Waals surface area contributed by atoms with Crippen molar-refractivity contribution in [3.63, 3.8) is 0 Å². The van der Waals surface area contributed by atoms with E-state index in [9.17, 15) is 9.59 Å². The molecule has 0 aromatic heterocycles. The van der Waals surface area contributed by atoms with Crippen LogP contribution in [0.5, 0.6) is 0 Å². The molecule has 0 radical (unpaired) electrons. The minimum Gasteiger partial charge on any atom is -0.372 e.